The van der Waals surface area contributed by atoms with Crippen molar-refractivity contribution in [2.45, 2.75) is 0 Å². The third-order valence-electron chi connectivity index (χ3n) is 3.97. The highest BCUT2D eigenvalue weighted by Gasteiger charge is 2.07. The van der Waals surface area contributed by atoms with Crippen LogP contribution >= 0.6 is 0 Å². The summed E-state index contributed by atoms with van der Waals surface area (Å²) in [5, 5.41) is 2.82. The van der Waals surface area contributed by atoms with Crippen LogP contribution in [0, 0.1) is 0 Å². The van der Waals surface area contributed by atoms with Gasteiger partial charge in [-0.2, -0.15) is 0 Å². The molecular formula is C23H21NO4. The molecule has 0 heterocycles. The van der Waals surface area contributed by atoms with Gasteiger partial charge in [0.1, 0.15) is 23.0 Å². The van der Waals surface area contributed by atoms with E-state index in [1.807, 2.05) is 48.5 Å². The Morgan fingerprint density at radius 2 is 1.39 bits per heavy atom. The third-order valence-corrected chi connectivity index (χ3v) is 3.97. The standard InChI is InChI=1S/C23H21NO4/c1-26-21-9-6-10-22(27-2)20(21)15-16-23(25)24-17-11-13-19(14-12-17)28-18-7-4-3-5-8-18/h3-16H,1-2H3,(H,24,25)/b16-15+. The van der Waals surface area contributed by atoms with Crippen molar-refractivity contribution in [3.63, 3.8) is 0 Å². The maximum atomic E-state index is 12.3. The van der Waals surface area contributed by atoms with Crippen molar-refractivity contribution in [1.29, 1.82) is 0 Å². The number of nitrogens with one attached hydrogen (secondary N) is 1. The lowest BCUT2D eigenvalue weighted by molar-refractivity contribution is -0.111. The number of carbonyl (C=O) groups is 1. The Kier molecular flexibility index (Phi) is 6.31. The summed E-state index contributed by atoms with van der Waals surface area (Å²) in [4.78, 5) is 12.3. The molecule has 3 aromatic rings. The normalized spacial score (nSPS) is 10.5. The number of ether oxygens (including phenoxy) is 3. The first kappa shape index (κ1) is 19.0. The van der Waals surface area contributed by atoms with Crippen molar-refractivity contribution >= 4 is 17.7 Å². The van der Waals surface area contributed by atoms with Crippen molar-refractivity contribution in [3.8, 4) is 23.0 Å². The summed E-state index contributed by atoms with van der Waals surface area (Å²) in [6, 6.07) is 22.1. The quantitative estimate of drug-likeness (QED) is 0.581. The summed E-state index contributed by atoms with van der Waals surface area (Å²) >= 11 is 0. The van der Waals surface area contributed by atoms with Crippen LogP contribution in [-0.2, 0) is 4.79 Å². The van der Waals surface area contributed by atoms with Crippen LogP contribution in [0.3, 0.4) is 0 Å². The molecule has 28 heavy (non-hydrogen) atoms. The molecule has 0 radical (unpaired) electrons. The molecular weight excluding hydrogens is 354 g/mol. The Labute approximate surface area is 164 Å². The zero-order valence-electron chi connectivity index (χ0n) is 15.7. The molecule has 0 saturated carbocycles. The number of benzene rings is 3. The molecule has 3 aromatic carbocycles. The molecule has 0 fully saturated rings. The molecule has 0 spiro atoms. The molecule has 0 aromatic heterocycles. The van der Waals surface area contributed by atoms with Crippen LogP contribution in [-0.4, -0.2) is 20.1 Å². The van der Waals surface area contributed by atoms with Gasteiger partial charge < -0.3 is 19.5 Å². The molecule has 1 N–H and O–H groups in total. The molecule has 0 aliphatic rings. The van der Waals surface area contributed by atoms with Crippen molar-refractivity contribution in [2.24, 2.45) is 0 Å². The average Bonchev–Trinajstić information content (AvgIpc) is 2.74. The lowest BCUT2D eigenvalue weighted by Gasteiger charge is -2.09. The van der Waals surface area contributed by atoms with Crippen molar-refractivity contribution in [3.05, 3.63) is 84.4 Å². The lowest BCUT2D eigenvalue weighted by atomic mass is 10.1. The Bertz CT molecular complexity index is 928. The largest absolute Gasteiger partial charge is 0.496 e. The van der Waals surface area contributed by atoms with Gasteiger partial charge in [0.2, 0.25) is 5.91 Å². The number of carbonyl (C=O) groups excluding carboxylic acids is 1. The Hall–Kier alpha value is -3.73. The summed E-state index contributed by atoms with van der Waals surface area (Å²) < 4.78 is 16.4. The molecule has 0 bridgehead atoms. The van der Waals surface area contributed by atoms with Gasteiger partial charge in [0, 0.05) is 11.8 Å². The molecule has 0 unspecified atom stereocenters. The Morgan fingerprint density at radius 1 is 0.786 bits per heavy atom. The smallest absolute Gasteiger partial charge is 0.248 e. The van der Waals surface area contributed by atoms with Crippen molar-refractivity contribution in [2.75, 3.05) is 19.5 Å². The molecule has 5 nitrogen and oxygen atoms in total. The predicted octanol–water partition coefficient (Wildman–Crippen LogP) is 5.15. The van der Waals surface area contributed by atoms with Crippen LogP contribution < -0.4 is 19.5 Å². The van der Waals surface area contributed by atoms with Gasteiger partial charge in [-0.25, -0.2) is 0 Å². The first-order valence-corrected chi connectivity index (χ1v) is 8.72. The van der Waals surface area contributed by atoms with E-state index in [2.05, 4.69) is 5.32 Å². The number of amides is 1. The van der Waals surface area contributed by atoms with Crippen LogP contribution in [0.4, 0.5) is 5.69 Å². The van der Waals surface area contributed by atoms with Crippen LogP contribution in [0.5, 0.6) is 23.0 Å². The number of hydrogen-bond donors (Lipinski definition) is 1. The first-order chi connectivity index (χ1) is 13.7. The second-order valence-electron chi connectivity index (χ2n) is 5.84. The van der Waals surface area contributed by atoms with Crippen LogP contribution in [0.25, 0.3) is 6.08 Å². The van der Waals surface area contributed by atoms with Gasteiger partial charge in [-0.05, 0) is 54.6 Å². The minimum absolute atomic E-state index is 0.260. The maximum Gasteiger partial charge on any atom is 0.248 e. The SMILES string of the molecule is COc1cccc(OC)c1/C=C/C(=O)Nc1ccc(Oc2ccccc2)cc1. The highest BCUT2D eigenvalue weighted by molar-refractivity contribution is 6.02. The summed E-state index contributed by atoms with van der Waals surface area (Å²) in [5.74, 6) is 2.45. The minimum Gasteiger partial charge on any atom is -0.496 e. The molecule has 5 heteroatoms. The molecule has 0 saturated heterocycles. The van der Waals surface area contributed by atoms with E-state index in [9.17, 15) is 4.79 Å². The molecule has 0 aliphatic carbocycles. The second kappa shape index (κ2) is 9.28. The molecule has 1 amide bonds. The summed E-state index contributed by atoms with van der Waals surface area (Å²) in [7, 11) is 3.15. The van der Waals surface area contributed by atoms with Crippen LogP contribution in [0.15, 0.2) is 78.9 Å². The highest BCUT2D eigenvalue weighted by Crippen LogP contribution is 2.29. The van der Waals surface area contributed by atoms with E-state index >= 15 is 0 Å². The van der Waals surface area contributed by atoms with Crippen LogP contribution in [0.2, 0.25) is 0 Å². The van der Waals surface area contributed by atoms with Gasteiger partial charge in [0.25, 0.3) is 0 Å². The van der Waals surface area contributed by atoms with E-state index in [4.69, 9.17) is 14.2 Å². The summed E-state index contributed by atoms with van der Waals surface area (Å²) in [5.41, 5.74) is 1.37. The number of methoxy groups -OCH3 is 2. The zero-order chi connectivity index (χ0) is 19.8. The fourth-order valence-electron chi connectivity index (χ4n) is 2.62. The molecule has 0 aliphatic heterocycles. The van der Waals surface area contributed by atoms with E-state index in [-0.39, 0.29) is 5.91 Å². The monoisotopic (exact) mass is 375 g/mol. The second-order valence-corrected chi connectivity index (χ2v) is 5.84. The molecule has 3 rings (SSSR count). The fraction of sp³-hybridized carbons (Fsp3) is 0.0870. The predicted molar refractivity (Wildman–Crippen MR) is 110 cm³/mol. The van der Waals surface area contributed by atoms with Crippen molar-refractivity contribution in [1.82, 2.24) is 0 Å². The Morgan fingerprint density at radius 3 is 2.00 bits per heavy atom. The van der Waals surface area contributed by atoms with Gasteiger partial charge in [0.15, 0.2) is 0 Å². The van der Waals surface area contributed by atoms with E-state index in [0.717, 1.165) is 5.75 Å². The van der Waals surface area contributed by atoms with E-state index in [0.29, 0.717) is 28.5 Å². The fourth-order valence-corrected chi connectivity index (χ4v) is 2.62. The minimum atomic E-state index is -0.260. The number of rotatable bonds is 7. The van der Waals surface area contributed by atoms with Crippen LogP contribution in [0.1, 0.15) is 5.56 Å². The summed E-state index contributed by atoms with van der Waals surface area (Å²) in [6.45, 7) is 0. The number of para-hydroxylation sites is 1. The summed E-state index contributed by atoms with van der Waals surface area (Å²) in [6.07, 6.45) is 3.11. The van der Waals surface area contributed by atoms with E-state index in [1.54, 1.807) is 44.6 Å². The lowest BCUT2D eigenvalue weighted by Crippen LogP contribution is -2.07. The number of hydrogen-bond acceptors (Lipinski definition) is 4. The highest BCUT2D eigenvalue weighted by atomic mass is 16.5. The van der Waals surface area contributed by atoms with E-state index < -0.39 is 0 Å². The Balaban J connectivity index is 1.64. The van der Waals surface area contributed by atoms with Gasteiger partial charge in [-0.1, -0.05) is 24.3 Å². The van der Waals surface area contributed by atoms with Gasteiger partial charge in [-0.15, -0.1) is 0 Å². The van der Waals surface area contributed by atoms with Gasteiger partial charge in [0.05, 0.1) is 19.8 Å². The zero-order valence-corrected chi connectivity index (χ0v) is 15.7. The van der Waals surface area contributed by atoms with E-state index in [1.165, 1.54) is 6.08 Å². The average molecular weight is 375 g/mol. The topological polar surface area (TPSA) is 56.8 Å². The van der Waals surface area contributed by atoms with Gasteiger partial charge in [-0.3, -0.25) is 4.79 Å². The number of anilines is 1. The first-order valence-electron chi connectivity index (χ1n) is 8.72. The maximum absolute atomic E-state index is 12.3. The van der Waals surface area contributed by atoms with Crippen molar-refractivity contribution < 1.29 is 19.0 Å². The molecule has 0 atom stereocenters. The van der Waals surface area contributed by atoms with Gasteiger partial charge >= 0.3 is 0 Å². The molecule has 142 valence electrons. The third kappa shape index (κ3) is 4.92.